The van der Waals surface area contributed by atoms with Crippen LogP contribution in [-0.4, -0.2) is 38.8 Å². The largest absolute Gasteiger partial charge is 0.378 e. The first-order chi connectivity index (χ1) is 12.3. The molecule has 0 saturated carbocycles. The molecule has 1 fully saturated rings. The maximum atomic E-state index is 12.3. The van der Waals surface area contributed by atoms with Crippen LogP contribution in [0.25, 0.3) is 0 Å². The molecule has 1 aliphatic rings. The average molecular weight is 336 g/mol. The fourth-order valence-electron chi connectivity index (χ4n) is 2.76. The van der Waals surface area contributed by atoms with Crippen molar-refractivity contribution in [3.63, 3.8) is 0 Å². The first-order valence-electron chi connectivity index (χ1n) is 8.22. The van der Waals surface area contributed by atoms with E-state index >= 15 is 0 Å². The molecule has 1 amide bonds. The number of carbonyl (C=O) groups is 1. The third-order valence-corrected chi connectivity index (χ3v) is 4.02. The standard InChI is InChI=1S/C19H20N4O2/c20-13-15-5-1-2-6-16(15)21-14-19(24)22-17-7-3-4-8-18(17)23-9-11-25-12-10-23/h1-8,21H,9-12,14H2,(H,22,24). The molecule has 0 radical (unpaired) electrons. The lowest BCUT2D eigenvalue weighted by molar-refractivity contribution is -0.114. The zero-order valence-electron chi connectivity index (χ0n) is 13.9. The van der Waals surface area contributed by atoms with E-state index in [1.54, 1.807) is 18.2 Å². The second kappa shape index (κ2) is 8.18. The predicted molar refractivity (Wildman–Crippen MR) is 97.8 cm³/mol. The van der Waals surface area contributed by atoms with E-state index in [-0.39, 0.29) is 12.5 Å². The van der Waals surface area contributed by atoms with Gasteiger partial charge in [-0.3, -0.25) is 4.79 Å². The number of hydrogen-bond donors (Lipinski definition) is 2. The minimum atomic E-state index is -0.159. The highest BCUT2D eigenvalue weighted by molar-refractivity contribution is 5.97. The fraction of sp³-hybridized carbons (Fsp3) is 0.263. The molecule has 2 aromatic carbocycles. The summed E-state index contributed by atoms with van der Waals surface area (Å²) in [6, 6.07) is 17.0. The van der Waals surface area contributed by atoms with Crippen LogP contribution in [0.5, 0.6) is 0 Å². The summed E-state index contributed by atoms with van der Waals surface area (Å²) in [4.78, 5) is 14.5. The van der Waals surface area contributed by atoms with Gasteiger partial charge < -0.3 is 20.3 Å². The molecule has 6 heteroatoms. The maximum Gasteiger partial charge on any atom is 0.243 e. The second-order valence-electron chi connectivity index (χ2n) is 5.68. The monoisotopic (exact) mass is 336 g/mol. The smallest absolute Gasteiger partial charge is 0.243 e. The first-order valence-corrected chi connectivity index (χ1v) is 8.22. The lowest BCUT2D eigenvalue weighted by Crippen LogP contribution is -2.37. The minimum absolute atomic E-state index is 0.0934. The van der Waals surface area contributed by atoms with Crippen molar-refractivity contribution in [1.29, 1.82) is 5.26 Å². The summed E-state index contributed by atoms with van der Waals surface area (Å²) in [5.41, 5.74) is 2.95. The summed E-state index contributed by atoms with van der Waals surface area (Å²) in [5, 5.41) is 15.1. The molecule has 0 atom stereocenters. The van der Waals surface area contributed by atoms with Gasteiger partial charge in [-0.1, -0.05) is 24.3 Å². The van der Waals surface area contributed by atoms with Gasteiger partial charge in [-0.05, 0) is 24.3 Å². The van der Waals surface area contributed by atoms with E-state index in [0.717, 1.165) is 24.5 Å². The number of nitrogens with zero attached hydrogens (tertiary/aromatic N) is 2. The number of amides is 1. The zero-order valence-corrected chi connectivity index (χ0v) is 13.9. The normalized spacial score (nSPS) is 13.8. The zero-order chi connectivity index (χ0) is 17.5. The van der Waals surface area contributed by atoms with Gasteiger partial charge in [0.1, 0.15) is 6.07 Å². The van der Waals surface area contributed by atoms with Gasteiger partial charge in [-0.2, -0.15) is 5.26 Å². The number of hydrogen-bond acceptors (Lipinski definition) is 5. The molecule has 2 N–H and O–H groups in total. The Morgan fingerprint density at radius 2 is 1.76 bits per heavy atom. The lowest BCUT2D eigenvalue weighted by Gasteiger charge is -2.30. The number of anilines is 3. The summed E-state index contributed by atoms with van der Waals surface area (Å²) in [6.45, 7) is 3.08. The van der Waals surface area contributed by atoms with E-state index in [0.29, 0.717) is 24.5 Å². The summed E-state index contributed by atoms with van der Waals surface area (Å²) in [6.07, 6.45) is 0. The molecule has 0 aromatic heterocycles. The Bertz CT molecular complexity index is 779. The van der Waals surface area contributed by atoms with Gasteiger partial charge in [0.05, 0.1) is 42.4 Å². The molecule has 0 spiro atoms. The van der Waals surface area contributed by atoms with Gasteiger partial charge in [0.25, 0.3) is 0 Å². The van der Waals surface area contributed by atoms with Crippen LogP contribution in [0, 0.1) is 11.3 Å². The van der Waals surface area contributed by atoms with Crippen LogP contribution >= 0.6 is 0 Å². The minimum Gasteiger partial charge on any atom is -0.378 e. The Balaban J connectivity index is 1.64. The van der Waals surface area contributed by atoms with Crippen LogP contribution in [0.15, 0.2) is 48.5 Å². The molecule has 1 heterocycles. The first kappa shape index (κ1) is 16.8. The number of nitriles is 1. The molecule has 1 aliphatic heterocycles. The number of carbonyl (C=O) groups excluding carboxylic acids is 1. The van der Waals surface area contributed by atoms with Crippen molar-refractivity contribution in [2.75, 3.05) is 48.4 Å². The molecule has 0 unspecified atom stereocenters. The van der Waals surface area contributed by atoms with E-state index in [9.17, 15) is 4.79 Å². The van der Waals surface area contributed by atoms with Crippen molar-refractivity contribution in [2.45, 2.75) is 0 Å². The molecular formula is C19H20N4O2. The highest BCUT2D eigenvalue weighted by atomic mass is 16.5. The fourth-order valence-corrected chi connectivity index (χ4v) is 2.76. The van der Waals surface area contributed by atoms with E-state index < -0.39 is 0 Å². The molecule has 2 aromatic rings. The Morgan fingerprint density at radius 1 is 1.08 bits per heavy atom. The van der Waals surface area contributed by atoms with Crippen LogP contribution in [-0.2, 0) is 9.53 Å². The number of benzene rings is 2. The lowest BCUT2D eigenvalue weighted by atomic mass is 10.2. The van der Waals surface area contributed by atoms with E-state index in [1.165, 1.54) is 0 Å². The topological polar surface area (TPSA) is 77.4 Å². The van der Waals surface area contributed by atoms with E-state index in [2.05, 4.69) is 21.6 Å². The van der Waals surface area contributed by atoms with Crippen molar-refractivity contribution < 1.29 is 9.53 Å². The quantitative estimate of drug-likeness (QED) is 0.877. The van der Waals surface area contributed by atoms with E-state index in [4.69, 9.17) is 10.00 Å². The Labute approximate surface area is 147 Å². The van der Waals surface area contributed by atoms with Gasteiger partial charge in [0.15, 0.2) is 0 Å². The maximum absolute atomic E-state index is 12.3. The van der Waals surface area contributed by atoms with Crippen LogP contribution < -0.4 is 15.5 Å². The number of para-hydroxylation sites is 3. The van der Waals surface area contributed by atoms with Gasteiger partial charge in [-0.25, -0.2) is 0 Å². The Hall–Kier alpha value is -3.04. The summed E-state index contributed by atoms with van der Waals surface area (Å²) in [7, 11) is 0. The van der Waals surface area contributed by atoms with Gasteiger partial charge in [0, 0.05) is 13.1 Å². The number of nitrogens with one attached hydrogen (secondary N) is 2. The van der Waals surface area contributed by atoms with Crippen molar-refractivity contribution in [3.8, 4) is 6.07 Å². The number of morpholine rings is 1. The van der Waals surface area contributed by atoms with Crippen LogP contribution in [0.4, 0.5) is 17.1 Å². The van der Waals surface area contributed by atoms with Crippen LogP contribution in [0.2, 0.25) is 0 Å². The van der Waals surface area contributed by atoms with Crippen molar-refractivity contribution in [3.05, 3.63) is 54.1 Å². The van der Waals surface area contributed by atoms with Crippen LogP contribution in [0.3, 0.4) is 0 Å². The predicted octanol–water partition coefficient (Wildman–Crippen LogP) is 2.45. The van der Waals surface area contributed by atoms with Crippen molar-refractivity contribution >= 4 is 23.0 Å². The van der Waals surface area contributed by atoms with Crippen molar-refractivity contribution in [1.82, 2.24) is 0 Å². The highest BCUT2D eigenvalue weighted by Crippen LogP contribution is 2.26. The highest BCUT2D eigenvalue weighted by Gasteiger charge is 2.15. The summed E-state index contributed by atoms with van der Waals surface area (Å²) in [5.74, 6) is -0.159. The van der Waals surface area contributed by atoms with Gasteiger partial charge >= 0.3 is 0 Å². The average Bonchev–Trinajstić information content (AvgIpc) is 2.67. The van der Waals surface area contributed by atoms with Gasteiger partial charge in [0.2, 0.25) is 5.91 Å². The van der Waals surface area contributed by atoms with Gasteiger partial charge in [-0.15, -0.1) is 0 Å². The molecule has 0 bridgehead atoms. The Morgan fingerprint density at radius 3 is 2.52 bits per heavy atom. The molecule has 3 rings (SSSR count). The summed E-state index contributed by atoms with van der Waals surface area (Å²) < 4.78 is 5.39. The van der Waals surface area contributed by atoms with Crippen LogP contribution in [0.1, 0.15) is 5.56 Å². The SMILES string of the molecule is N#Cc1ccccc1NCC(=O)Nc1ccccc1N1CCOCC1. The molecule has 0 aliphatic carbocycles. The Kier molecular flexibility index (Phi) is 5.50. The van der Waals surface area contributed by atoms with E-state index in [1.807, 2.05) is 30.3 Å². The molecule has 6 nitrogen and oxygen atoms in total. The number of rotatable bonds is 5. The molecular weight excluding hydrogens is 316 g/mol. The second-order valence-corrected chi connectivity index (χ2v) is 5.68. The molecule has 128 valence electrons. The third-order valence-electron chi connectivity index (χ3n) is 4.02. The third kappa shape index (κ3) is 4.28. The number of ether oxygens (including phenoxy) is 1. The molecule has 25 heavy (non-hydrogen) atoms. The van der Waals surface area contributed by atoms with Crippen molar-refractivity contribution in [2.24, 2.45) is 0 Å². The summed E-state index contributed by atoms with van der Waals surface area (Å²) >= 11 is 0. The molecule has 1 saturated heterocycles.